The summed E-state index contributed by atoms with van der Waals surface area (Å²) in [5.74, 6) is 0.153. The summed E-state index contributed by atoms with van der Waals surface area (Å²) in [6, 6.07) is 0.244. The molecule has 2 saturated heterocycles. The van der Waals surface area contributed by atoms with Crippen LogP contribution in [0.4, 0.5) is 0 Å². The minimum Gasteiger partial charge on any atom is -0.377 e. The Balaban J connectivity index is 1.94. The van der Waals surface area contributed by atoms with Crippen molar-refractivity contribution in [2.24, 2.45) is 0 Å². The lowest BCUT2D eigenvalue weighted by Crippen LogP contribution is -2.52. The van der Waals surface area contributed by atoms with E-state index in [1.807, 2.05) is 6.92 Å². The molecule has 0 spiro atoms. The first-order valence-corrected chi connectivity index (χ1v) is 7.51. The topological polar surface area (TPSA) is 58.6 Å². The van der Waals surface area contributed by atoms with Gasteiger partial charge in [0, 0.05) is 32.3 Å². The monoisotopic (exact) mass is 248 g/mol. The van der Waals surface area contributed by atoms with E-state index in [0.29, 0.717) is 19.7 Å². The van der Waals surface area contributed by atoms with E-state index in [-0.39, 0.29) is 17.9 Å². The number of ether oxygens (including phenoxy) is 1. The van der Waals surface area contributed by atoms with Gasteiger partial charge in [-0.15, -0.1) is 0 Å². The lowest BCUT2D eigenvalue weighted by Gasteiger charge is -2.31. The number of piperazine rings is 1. The van der Waals surface area contributed by atoms with Crippen LogP contribution in [0.2, 0.25) is 0 Å². The fraction of sp³-hybridized carbons (Fsp3) is 1.00. The van der Waals surface area contributed by atoms with Crippen molar-refractivity contribution in [3.05, 3.63) is 0 Å². The standard InChI is InChI=1S/C10H20N2O3S/c1-9-7-12(5-4-11-9)16(13,14)8-10-3-2-6-15-10/h9-11H,2-8H2,1H3. The summed E-state index contributed by atoms with van der Waals surface area (Å²) in [4.78, 5) is 0. The van der Waals surface area contributed by atoms with Crippen molar-refractivity contribution < 1.29 is 13.2 Å². The minimum atomic E-state index is -3.13. The summed E-state index contributed by atoms with van der Waals surface area (Å²) in [5, 5.41) is 3.24. The summed E-state index contributed by atoms with van der Waals surface area (Å²) < 4.78 is 31.2. The number of nitrogens with one attached hydrogen (secondary N) is 1. The molecular weight excluding hydrogens is 228 g/mol. The Labute approximate surface area is 97.2 Å². The molecule has 5 nitrogen and oxygen atoms in total. The van der Waals surface area contributed by atoms with E-state index >= 15 is 0 Å². The van der Waals surface area contributed by atoms with Gasteiger partial charge in [0.25, 0.3) is 0 Å². The van der Waals surface area contributed by atoms with Gasteiger partial charge in [-0.3, -0.25) is 0 Å². The Morgan fingerprint density at radius 3 is 2.94 bits per heavy atom. The fourth-order valence-electron chi connectivity index (χ4n) is 2.27. The zero-order chi connectivity index (χ0) is 11.6. The van der Waals surface area contributed by atoms with E-state index in [1.54, 1.807) is 4.31 Å². The van der Waals surface area contributed by atoms with Crippen LogP contribution in [0.25, 0.3) is 0 Å². The van der Waals surface area contributed by atoms with E-state index in [1.165, 1.54) is 0 Å². The highest BCUT2D eigenvalue weighted by atomic mass is 32.2. The van der Waals surface area contributed by atoms with Crippen LogP contribution in [0.5, 0.6) is 0 Å². The van der Waals surface area contributed by atoms with Crippen molar-refractivity contribution in [3.8, 4) is 0 Å². The van der Waals surface area contributed by atoms with Crippen LogP contribution in [0, 0.1) is 0 Å². The van der Waals surface area contributed by atoms with E-state index in [0.717, 1.165) is 19.4 Å². The molecular formula is C10H20N2O3S. The predicted octanol–water partition coefficient (Wildman–Crippen LogP) is -0.211. The Hall–Kier alpha value is -0.170. The molecule has 2 aliphatic heterocycles. The van der Waals surface area contributed by atoms with Gasteiger partial charge in [-0.05, 0) is 19.8 Å². The third-order valence-electron chi connectivity index (χ3n) is 3.15. The van der Waals surface area contributed by atoms with Gasteiger partial charge in [-0.25, -0.2) is 8.42 Å². The third-order valence-corrected chi connectivity index (χ3v) is 5.06. The number of nitrogens with zero attached hydrogens (tertiary/aromatic N) is 1. The van der Waals surface area contributed by atoms with Gasteiger partial charge in [0.15, 0.2) is 0 Å². The Kier molecular flexibility index (Phi) is 3.84. The van der Waals surface area contributed by atoms with Gasteiger partial charge in [0.1, 0.15) is 0 Å². The molecule has 2 unspecified atom stereocenters. The maximum absolute atomic E-state index is 12.1. The first-order valence-electron chi connectivity index (χ1n) is 5.91. The molecule has 0 aromatic heterocycles. The first kappa shape index (κ1) is 12.3. The highest BCUT2D eigenvalue weighted by Crippen LogP contribution is 2.16. The van der Waals surface area contributed by atoms with Gasteiger partial charge in [0.2, 0.25) is 10.0 Å². The van der Waals surface area contributed by atoms with Crippen molar-refractivity contribution >= 4 is 10.0 Å². The van der Waals surface area contributed by atoms with Crippen molar-refractivity contribution in [3.63, 3.8) is 0 Å². The molecule has 94 valence electrons. The van der Waals surface area contributed by atoms with Crippen LogP contribution in [-0.2, 0) is 14.8 Å². The molecule has 0 amide bonds. The zero-order valence-corrected chi connectivity index (χ0v) is 10.5. The van der Waals surface area contributed by atoms with Crippen LogP contribution < -0.4 is 5.32 Å². The maximum Gasteiger partial charge on any atom is 0.216 e. The Morgan fingerprint density at radius 1 is 1.50 bits per heavy atom. The molecule has 2 heterocycles. The molecule has 16 heavy (non-hydrogen) atoms. The lowest BCUT2D eigenvalue weighted by molar-refractivity contribution is 0.126. The van der Waals surface area contributed by atoms with E-state index in [2.05, 4.69) is 5.32 Å². The minimum absolute atomic E-state index is 0.0878. The Morgan fingerprint density at radius 2 is 2.31 bits per heavy atom. The molecule has 0 bridgehead atoms. The van der Waals surface area contributed by atoms with Crippen LogP contribution in [0.15, 0.2) is 0 Å². The first-order chi connectivity index (χ1) is 7.58. The van der Waals surface area contributed by atoms with Crippen molar-refractivity contribution in [2.45, 2.75) is 31.9 Å². The lowest BCUT2D eigenvalue weighted by atomic mass is 10.3. The Bertz CT molecular complexity index is 325. The average molecular weight is 248 g/mol. The molecule has 2 fully saturated rings. The molecule has 0 aromatic carbocycles. The van der Waals surface area contributed by atoms with E-state index in [9.17, 15) is 8.42 Å². The molecule has 0 aliphatic carbocycles. The highest BCUT2D eigenvalue weighted by Gasteiger charge is 2.30. The summed E-state index contributed by atoms with van der Waals surface area (Å²) in [7, 11) is -3.13. The van der Waals surface area contributed by atoms with Crippen LogP contribution in [-0.4, -0.2) is 56.9 Å². The second-order valence-corrected chi connectivity index (χ2v) is 6.64. The molecule has 0 radical (unpaired) electrons. The highest BCUT2D eigenvalue weighted by molar-refractivity contribution is 7.89. The SMILES string of the molecule is CC1CN(S(=O)(=O)CC2CCCO2)CCN1. The molecule has 1 N–H and O–H groups in total. The van der Waals surface area contributed by atoms with Crippen molar-refractivity contribution in [1.29, 1.82) is 0 Å². The van der Waals surface area contributed by atoms with E-state index < -0.39 is 10.0 Å². The van der Waals surface area contributed by atoms with Gasteiger partial charge in [0.05, 0.1) is 11.9 Å². The number of hydrogen-bond acceptors (Lipinski definition) is 4. The summed E-state index contributed by atoms with van der Waals surface area (Å²) in [5.41, 5.74) is 0. The second-order valence-electron chi connectivity index (χ2n) is 4.63. The summed E-state index contributed by atoms with van der Waals surface area (Å²) in [6.07, 6.45) is 1.77. The smallest absolute Gasteiger partial charge is 0.216 e. The number of sulfonamides is 1. The molecule has 0 aromatic rings. The quantitative estimate of drug-likeness (QED) is 0.751. The van der Waals surface area contributed by atoms with Crippen molar-refractivity contribution in [1.82, 2.24) is 9.62 Å². The van der Waals surface area contributed by atoms with Crippen molar-refractivity contribution in [2.75, 3.05) is 32.0 Å². The fourth-order valence-corrected chi connectivity index (χ4v) is 4.03. The zero-order valence-electron chi connectivity index (χ0n) is 9.68. The molecule has 6 heteroatoms. The van der Waals surface area contributed by atoms with Gasteiger partial charge in [-0.1, -0.05) is 0 Å². The molecule has 2 aliphatic rings. The number of hydrogen-bond donors (Lipinski definition) is 1. The third kappa shape index (κ3) is 2.94. The average Bonchev–Trinajstić information content (AvgIpc) is 2.70. The summed E-state index contributed by atoms with van der Waals surface area (Å²) >= 11 is 0. The largest absolute Gasteiger partial charge is 0.377 e. The summed E-state index contributed by atoms with van der Waals surface area (Å²) in [6.45, 7) is 4.62. The molecule has 2 rings (SSSR count). The van der Waals surface area contributed by atoms with E-state index in [4.69, 9.17) is 4.74 Å². The molecule has 2 atom stereocenters. The van der Waals surface area contributed by atoms with Gasteiger partial charge in [-0.2, -0.15) is 4.31 Å². The number of rotatable bonds is 3. The second kappa shape index (κ2) is 5.00. The molecule has 0 saturated carbocycles. The van der Waals surface area contributed by atoms with Gasteiger partial charge < -0.3 is 10.1 Å². The predicted molar refractivity (Wildman–Crippen MR) is 61.8 cm³/mol. The van der Waals surface area contributed by atoms with Crippen LogP contribution >= 0.6 is 0 Å². The van der Waals surface area contributed by atoms with Gasteiger partial charge >= 0.3 is 0 Å². The van der Waals surface area contributed by atoms with Crippen LogP contribution in [0.1, 0.15) is 19.8 Å². The van der Waals surface area contributed by atoms with Crippen LogP contribution in [0.3, 0.4) is 0 Å². The maximum atomic E-state index is 12.1. The normalized spacial score (nSPS) is 33.1.